The van der Waals surface area contributed by atoms with E-state index in [0.717, 1.165) is 12.1 Å². The zero-order valence-corrected chi connectivity index (χ0v) is 17.5. The smallest absolute Gasteiger partial charge is 0.433 e. The van der Waals surface area contributed by atoms with Gasteiger partial charge >= 0.3 is 12.4 Å². The first kappa shape index (κ1) is 25.4. The van der Waals surface area contributed by atoms with E-state index in [1.807, 2.05) is 0 Å². The first-order chi connectivity index (χ1) is 14.9. The summed E-state index contributed by atoms with van der Waals surface area (Å²) in [6.07, 6.45) is -8.17. The monoisotopic (exact) mass is 462 g/mol. The fraction of sp³-hybridized carbons (Fsp3) is 0.409. The van der Waals surface area contributed by atoms with Crippen LogP contribution < -0.4 is 10.1 Å². The number of hydrogen-bond acceptors (Lipinski definition) is 4. The molecule has 0 atom stereocenters. The van der Waals surface area contributed by atoms with Gasteiger partial charge in [0.1, 0.15) is 17.2 Å². The summed E-state index contributed by atoms with van der Waals surface area (Å²) in [6, 6.07) is 6.22. The SMILES string of the molecule is CCCc1c(OCCCNc2ccc(C)c(C(F)(F)F)c2)ccc(C(=N)C(F)(F)F)c1O. The number of aryl methyl sites for hydroxylation is 1. The lowest BCUT2D eigenvalue weighted by Gasteiger charge is -2.17. The Morgan fingerprint density at radius 3 is 2.38 bits per heavy atom. The number of nitrogens with one attached hydrogen (secondary N) is 2. The highest BCUT2D eigenvalue weighted by Crippen LogP contribution is 2.36. The predicted octanol–water partition coefficient (Wildman–Crippen LogP) is 6.48. The zero-order valence-electron chi connectivity index (χ0n) is 17.5. The summed E-state index contributed by atoms with van der Waals surface area (Å²) in [5.41, 5.74) is -2.36. The topological polar surface area (TPSA) is 65.3 Å². The van der Waals surface area contributed by atoms with E-state index in [9.17, 15) is 31.4 Å². The summed E-state index contributed by atoms with van der Waals surface area (Å²) in [7, 11) is 0. The van der Waals surface area contributed by atoms with Crippen molar-refractivity contribution in [2.75, 3.05) is 18.5 Å². The first-order valence-corrected chi connectivity index (χ1v) is 9.91. The van der Waals surface area contributed by atoms with Gasteiger partial charge in [-0.25, -0.2) is 0 Å². The molecule has 0 radical (unpaired) electrons. The number of rotatable bonds is 9. The minimum Gasteiger partial charge on any atom is -0.507 e. The van der Waals surface area contributed by atoms with Crippen LogP contribution >= 0.6 is 0 Å². The molecule has 2 aromatic carbocycles. The van der Waals surface area contributed by atoms with Crippen LogP contribution in [0.5, 0.6) is 11.5 Å². The second kappa shape index (κ2) is 10.1. The third-order valence-corrected chi connectivity index (χ3v) is 4.74. The number of halogens is 6. The second-order valence-corrected chi connectivity index (χ2v) is 7.22. The zero-order chi connectivity index (χ0) is 24.1. The normalized spacial score (nSPS) is 12.0. The molecule has 2 aromatic rings. The van der Waals surface area contributed by atoms with Gasteiger partial charge in [-0.15, -0.1) is 0 Å². The van der Waals surface area contributed by atoms with Crippen molar-refractivity contribution in [2.45, 2.75) is 45.5 Å². The number of aromatic hydroxyl groups is 1. The first-order valence-electron chi connectivity index (χ1n) is 9.91. The Kier molecular flexibility index (Phi) is 8.03. The van der Waals surface area contributed by atoms with Crippen molar-refractivity contribution in [1.29, 1.82) is 5.41 Å². The Bertz CT molecular complexity index is 955. The third kappa shape index (κ3) is 6.30. The molecular formula is C22H24F6N2O2. The molecule has 0 aliphatic rings. The molecule has 0 saturated carbocycles. The number of alkyl halides is 6. The molecule has 3 N–H and O–H groups in total. The van der Waals surface area contributed by atoms with Crippen molar-refractivity contribution < 1.29 is 36.2 Å². The van der Waals surface area contributed by atoms with Crippen molar-refractivity contribution in [1.82, 2.24) is 0 Å². The molecule has 0 saturated heterocycles. The van der Waals surface area contributed by atoms with Crippen LogP contribution in [0.4, 0.5) is 32.0 Å². The highest BCUT2D eigenvalue weighted by molar-refractivity contribution is 6.04. The Morgan fingerprint density at radius 2 is 1.78 bits per heavy atom. The third-order valence-electron chi connectivity index (χ3n) is 4.74. The molecule has 4 nitrogen and oxygen atoms in total. The van der Waals surface area contributed by atoms with Gasteiger partial charge in [0, 0.05) is 23.4 Å². The van der Waals surface area contributed by atoms with Gasteiger partial charge in [-0.2, -0.15) is 26.3 Å². The average molecular weight is 462 g/mol. The lowest BCUT2D eigenvalue weighted by atomic mass is 10.00. The van der Waals surface area contributed by atoms with E-state index >= 15 is 0 Å². The van der Waals surface area contributed by atoms with E-state index in [4.69, 9.17) is 10.1 Å². The largest absolute Gasteiger partial charge is 0.507 e. The van der Waals surface area contributed by atoms with Crippen molar-refractivity contribution in [3.63, 3.8) is 0 Å². The number of ether oxygens (including phenoxy) is 1. The predicted molar refractivity (Wildman–Crippen MR) is 110 cm³/mol. The molecule has 0 aliphatic carbocycles. The maximum absolute atomic E-state index is 13.0. The highest BCUT2D eigenvalue weighted by Gasteiger charge is 2.37. The van der Waals surface area contributed by atoms with Gasteiger partial charge in [-0.05, 0) is 49.6 Å². The minimum absolute atomic E-state index is 0.122. The molecule has 0 aliphatic heterocycles. The fourth-order valence-electron chi connectivity index (χ4n) is 3.12. The van der Waals surface area contributed by atoms with Crippen LogP contribution in [0, 0.1) is 12.3 Å². The summed E-state index contributed by atoms with van der Waals surface area (Å²) < 4.78 is 83.1. The Balaban J connectivity index is 2.01. The summed E-state index contributed by atoms with van der Waals surface area (Å²) in [6.45, 7) is 3.58. The van der Waals surface area contributed by atoms with Gasteiger partial charge in [0.2, 0.25) is 0 Å². The minimum atomic E-state index is -4.89. The van der Waals surface area contributed by atoms with Crippen LogP contribution in [0.15, 0.2) is 30.3 Å². The van der Waals surface area contributed by atoms with Crippen LogP contribution in [0.25, 0.3) is 0 Å². The lowest BCUT2D eigenvalue weighted by molar-refractivity contribution is -0.138. The Hall–Kier alpha value is -2.91. The van der Waals surface area contributed by atoms with Crippen LogP contribution in [0.2, 0.25) is 0 Å². The van der Waals surface area contributed by atoms with Gasteiger partial charge in [0.25, 0.3) is 0 Å². The van der Waals surface area contributed by atoms with Crippen LogP contribution in [-0.2, 0) is 12.6 Å². The molecule has 32 heavy (non-hydrogen) atoms. The molecule has 0 bridgehead atoms. The quantitative estimate of drug-likeness (QED) is 0.227. The Morgan fingerprint density at radius 1 is 1.09 bits per heavy atom. The van der Waals surface area contributed by atoms with Crippen LogP contribution in [-0.4, -0.2) is 30.1 Å². The van der Waals surface area contributed by atoms with Crippen LogP contribution in [0.1, 0.15) is 42.0 Å². The summed E-state index contributed by atoms with van der Waals surface area (Å²) in [5, 5.41) is 20.4. The summed E-state index contributed by atoms with van der Waals surface area (Å²) in [4.78, 5) is 0. The summed E-state index contributed by atoms with van der Waals surface area (Å²) in [5.74, 6) is -0.429. The molecule has 176 valence electrons. The van der Waals surface area contributed by atoms with E-state index < -0.39 is 34.9 Å². The molecule has 0 unspecified atom stereocenters. The van der Waals surface area contributed by atoms with Gasteiger partial charge in [0.05, 0.1) is 12.2 Å². The lowest BCUT2D eigenvalue weighted by Crippen LogP contribution is -2.23. The van der Waals surface area contributed by atoms with Gasteiger partial charge in [-0.3, -0.25) is 5.41 Å². The van der Waals surface area contributed by atoms with Gasteiger partial charge in [0.15, 0.2) is 0 Å². The van der Waals surface area contributed by atoms with Gasteiger partial charge < -0.3 is 15.2 Å². The van der Waals surface area contributed by atoms with Crippen LogP contribution in [0.3, 0.4) is 0 Å². The maximum Gasteiger partial charge on any atom is 0.433 e. The molecular weight excluding hydrogens is 438 g/mol. The molecule has 10 heteroatoms. The molecule has 0 amide bonds. The van der Waals surface area contributed by atoms with Gasteiger partial charge in [-0.1, -0.05) is 19.4 Å². The number of hydrogen-bond donors (Lipinski definition) is 3. The Labute approximate surface area is 181 Å². The molecule has 0 spiro atoms. The van der Waals surface area contributed by atoms with Crippen molar-refractivity contribution >= 4 is 11.4 Å². The van der Waals surface area contributed by atoms with Crippen molar-refractivity contribution in [2.24, 2.45) is 0 Å². The van der Waals surface area contributed by atoms with E-state index in [1.54, 1.807) is 6.92 Å². The number of phenolic OH excluding ortho intramolecular Hbond substituents is 1. The van der Waals surface area contributed by atoms with E-state index in [1.165, 1.54) is 25.1 Å². The fourth-order valence-corrected chi connectivity index (χ4v) is 3.12. The number of benzene rings is 2. The van der Waals surface area contributed by atoms with Crippen molar-refractivity contribution in [3.05, 3.63) is 52.6 Å². The standard InChI is InChI=1S/C22H24F6N2O2/c1-3-5-15-18(9-8-16(19(15)31)20(29)22(26,27)28)32-11-4-10-30-14-7-6-13(2)17(12-14)21(23,24)25/h6-9,12,29-31H,3-5,10-11H2,1-2H3. The van der Waals surface area contributed by atoms with E-state index in [0.29, 0.717) is 25.1 Å². The number of phenols is 1. The molecule has 0 aromatic heterocycles. The number of anilines is 1. The molecule has 0 fully saturated rings. The van der Waals surface area contributed by atoms with E-state index in [2.05, 4.69) is 5.32 Å². The molecule has 2 rings (SSSR count). The molecule has 0 heterocycles. The van der Waals surface area contributed by atoms with Crippen molar-refractivity contribution in [3.8, 4) is 11.5 Å². The average Bonchev–Trinajstić information content (AvgIpc) is 2.69. The highest BCUT2D eigenvalue weighted by atomic mass is 19.4. The summed E-state index contributed by atoms with van der Waals surface area (Å²) >= 11 is 0. The van der Waals surface area contributed by atoms with E-state index in [-0.39, 0.29) is 29.9 Å². The maximum atomic E-state index is 13.0. The second-order valence-electron chi connectivity index (χ2n) is 7.22.